The standard InChI is InChI=1S/C18H22N4O2/c23-16-6-2-7-18(16)8-3-9-21(11-18)17(24)14-4-1-5-15(10-14)22-12-19-20-13-22/h1,4-5,10,12-13,16,23H,2-3,6-9,11H2/t16-,18+/m1/s1. The SMILES string of the molecule is O=C(c1cccc(-n2cnnc2)c1)N1CCC[C@@]2(CCC[C@H]2O)C1. The number of hydrogen-bond donors (Lipinski definition) is 1. The molecule has 1 saturated carbocycles. The molecule has 2 aromatic rings. The van der Waals surface area contributed by atoms with Gasteiger partial charge in [0.25, 0.3) is 5.91 Å². The summed E-state index contributed by atoms with van der Waals surface area (Å²) < 4.78 is 1.79. The van der Waals surface area contributed by atoms with Crippen molar-refractivity contribution in [2.45, 2.75) is 38.2 Å². The molecule has 2 heterocycles. The van der Waals surface area contributed by atoms with E-state index < -0.39 is 0 Å². The Morgan fingerprint density at radius 2 is 2.00 bits per heavy atom. The van der Waals surface area contributed by atoms with Crippen LogP contribution in [0.3, 0.4) is 0 Å². The van der Waals surface area contributed by atoms with Gasteiger partial charge in [0, 0.05) is 29.8 Å². The van der Waals surface area contributed by atoms with E-state index in [1.807, 2.05) is 29.2 Å². The van der Waals surface area contributed by atoms with E-state index in [2.05, 4.69) is 10.2 Å². The van der Waals surface area contributed by atoms with Crippen molar-refractivity contribution in [1.29, 1.82) is 0 Å². The summed E-state index contributed by atoms with van der Waals surface area (Å²) in [4.78, 5) is 14.9. The molecule has 1 aliphatic carbocycles. The zero-order chi connectivity index (χ0) is 16.6. The maximum Gasteiger partial charge on any atom is 0.253 e. The monoisotopic (exact) mass is 326 g/mol. The predicted octanol–water partition coefficient (Wildman–Crippen LogP) is 2.03. The summed E-state index contributed by atoms with van der Waals surface area (Å²) in [7, 11) is 0. The van der Waals surface area contributed by atoms with Gasteiger partial charge >= 0.3 is 0 Å². The quantitative estimate of drug-likeness (QED) is 0.917. The molecule has 24 heavy (non-hydrogen) atoms. The van der Waals surface area contributed by atoms with Crippen molar-refractivity contribution >= 4 is 5.91 Å². The molecule has 2 atom stereocenters. The maximum atomic E-state index is 13.0. The van der Waals surface area contributed by atoms with E-state index in [1.165, 1.54) is 0 Å². The molecule has 2 fully saturated rings. The zero-order valence-electron chi connectivity index (χ0n) is 13.6. The average molecular weight is 326 g/mol. The van der Waals surface area contributed by atoms with Crippen LogP contribution in [0, 0.1) is 5.41 Å². The summed E-state index contributed by atoms with van der Waals surface area (Å²) in [5.74, 6) is 0.0445. The van der Waals surface area contributed by atoms with Crippen LogP contribution < -0.4 is 0 Å². The molecule has 2 aliphatic rings. The van der Waals surface area contributed by atoms with Crippen molar-refractivity contribution in [1.82, 2.24) is 19.7 Å². The fourth-order valence-electron chi connectivity index (χ4n) is 4.25. The highest BCUT2D eigenvalue weighted by Crippen LogP contribution is 2.45. The van der Waals surface area contributed by atoms with Gasteiger partial charge in [-0.15, -0.1) is 10.2 Å². The van der Waals surface area contributed by atoms with Crippen LogP contribution in [0.5, 0.6) is 0 Å². The minimum atomic E-state index is -0.267. The molecule has 6 heteroatoms. The van der Waals surface area contributed by atoms with E-state index in [1.54, 1.807) is 17.2 Å². The smallest absolute Gasteiger partial charge is 0.253 e. The number of aliphatic hydroxyl groups excluding tert-OH is 1. The molecule has 1 amide bonds. The number of nitrogens with zero attached hydrogens (tertiary/aromatic N) is 4. The third-order valence-corrected chi connectivity index (χ3v) is 5.56. The first kappa shape index (κ1) is 15.3. The van der Waals surface area contributed by atoms with Crippen molar-refractivity contribution in [2.24, 2.45) is 5.41 Å². The summed E-state index contributed by atoms with van der Waals surface area (Å²) in [5, 5.41) is 18.0. The minimum absolute atomic E-state index is 0.0445. The molecular formula is C18H22N4O2. The van der Waals surface area contributed by atoms with Crippen LogP contribution in [-0.4, -0.2) is 49.9 Å². The lowest BCUT2D eigenvalue weighted by Crippen LogP contribution is -2.49. The van der Waals surface area contributed by atoms with Gasteiger partial charge in [0.05, 0.1) is 6.10 Å². The molecule has 126 valence electrons. The molecule has 1 aromatic heterocycles. The second kappa shape index (κ2) is 6.02. The van der Waals surface area contributed by atoms with Crippen LogP contribution in [0.25, 0.3) is 5.69 Å². The van der Waals surface area contributed by atoms with Gasteiger partial charge < -0.3 is 10.0 Å². The van der Waals surface area contributed by atoms with Crippen LogP contribution in [0.15, 0.2) is 36.9 Å². The number of hydrogen-bond acceptors (Lipinski definition) is 4. The summed E-state index contributed by atoms with van der Waals surface area (Å²) >= 11 is 0. The molecule has 1 N–H and O–H groups in total. The largest absolute Gasteiger partial charge is 0.392 e. The van der Waals surface area contributed by atoms with Crippen molar-refractivity contribution in [2.75, 3.05) is 13.1 Å². The van der Waals surface area contributed by atoms with Crippen LogP contribution >= 0.6 is 0 Å². The van der Waals surface area contributed by atoms with Gasteiger partial charge in [-0.2, -0.15) is 0 Å². The molecule has 4 rings (SSSR count). The van der Waals surface area contributed by atoms with Crippen LogP contribution in [-0.2, 0) is 0 Å². The number of aliphatic hydroxyl groups is 1. The van der Waals surface area contributed by atoms with Crippen molar-refractivity contribution in [3.8, 4) is 5.69 Å². The average Bonchev–Trinajstić information content (AvgIpc) is 3.26. The molecule has 0 unspecified atom stereocenters. The molecule has 1 aliphatic heterocycles. The highest BCUT2D eigenvalue weighted by Gasteiger charge is 2.45. The third kappa shape index (κ3) is 2.60. The van der Waals surface area contributed by atoms with Crippen LogP contribution in [0.4, 0.5) is 0 Å². The van der Waals surface area contributed by atoms with Crippen LogP contribution in [0.1, 0.15) is 42.5 Å². The highest BCUT2D eigenvalue weighted by atomic mass is 16.3. The van der Waals surface area contributed by atoms with Gasteiger partial charge in [-0.05, 0) is 43.9 Å². The van der Waals surface area contributed by atoms with E-state index in [0.717, 1.165) is 44.3 Å². The van der Waals surface area contributed by atoms with E-state index in [0.29, 0.717) is 12.1 Å². The molecule has 1 saturated heterocycles. The number of aromatic nitrogens is 3. The fourth-order valence-corrected chi connectivity index (χ4v) is 4.25. The second-order valence-corrected chi connectivity index (χ2v) is 7.02. The summed E-state index contributed by atoms with van der Waals surface area (Å²) in [6.07, 6.45) is 7.92. The molecule has 0 bridgehead atoms. The van der Waals surface area contributed by atoms with E-state index >= 15 is 0 Å². The molecular weight excluding hydrogens is 304 g/mol. The minimum Gasteiger partial charge on any atom is -0.392 e. The molecule has 6 nitrogen and oxygen atoms in total. The Balaban J connectivity index is 1.56. The zero-order valence-corrected chi connectivity index (χ0v) is 13.6. The van der Waals surface area contributed by atoms with Crippen molar-refractivity contribution in [3.63, 3.8) is 0 Å². The van der Waals surface area contributed by atoms with E-state index in [4.69, 9.17) is 0 Å². The Kier molecular flexibility index (Phi) is 3.84. The summed E-state index contributed by atoms with van der Waals surface area (Å²) in [5.41, 5.74) is 1.46. The predicted molar refractivity (Wildman–Crippen MR) is 88.8 cm³/mol. The lowest BCUT2D eigenvalue weighted by atomic mass is 9.76. The maximum absolute atomic E-state index is 13.0. The number of amides is 1. The summed E-state index contributed by atoms with van der Waals surface area (Å²) in [6, 6.07) is 7.53. The Bertz CT molecular complexity index is 730. The highest BCUT2D eigenvalue weighted by molar-refractivity contribution is 5.94. The van der Waals surface area contributed by atoms with Gasteiger partial charge in [0.15, 0.2) is 0 Å². The Morgan fingerprint density at radius 3 is 2.75 bits per heavy atom. The van der Waals surface area contributed by atoms with Gasteiger partial charge in [0.1, 0.15) is 12.7 Å². The molecule has 1 spiro atoms. The number of benzene rings is 1. The van der Waals surface area contributed by atoms with Gasteiger partial charge in [-0.3, -0.25) is 9.36 Å². The Labute approximate surface area is 141 Å². The topological polar surface area (TPSA) is 71.2 Å². The van der Waals surface area contributed by atoms with Gasteiger partial charge in [-0.1, -0.05) is 12.5 Å². The Morgan fingerprint density at radius 1 is 1.21 bits per heavy atom. The second-order valence-electron chi connectivity index (χ2n) is 7.02. The van der Waals surface area contributed by atoms with Gasteiger partial charge in [0.2, 0.25) is 0 Å². The first-order valence-electron chi connectivity index (χ1n) is 8.60. The molecule has 1 aromatic carbocycles. The number of carbonyl (C=O) groups is 1. The number of carbonyl (C=O) groups excluding carboxylic acids is 1. The first-order valence-corrected chi connectivity index (χ1v) is 8.60. The lowest BCUT2D eigenvalue weighted by molar-refractivity contribution is -0.00536. The first-order chi connectivity index (χ1) is 11.7. The number of likely N-dealkylation sites (tertiary alicyclic amines) is 1. The number of piperidine rings is 1. The van der Waals surface area contributed by atoms with E-state index in [-0.39, 0.29) is 17.4 Å². The third-order valence-electron chi connectivity index (χ3n) is 5.56. The van der Waals surface area contributed by atoms with E-state index in [9.17, 15) is 9.90 Å². The molecule has 0 radical (unpaired) electrons. The van der Waals surface area contributed by atoms with Crippen molar-refractivity contribution in [3.05, 3.63) is 42.5 Å². The normalized spacial score (nSPS) is 26.9. The summed E-state index contributed by atoms with van der Waals surface area (Å²) in [6.45, 7) is 1.44. The van der Waals surface area contributed by atoms with Crippen LogP contribution in [0.2, 0.25) is 0 Å². The van der Waals surface area contributed by atoms with Crippen molar-refractivity contribution < 1.29 is 9.90 Å². The van der Waals surface area contributed by atoms with Gasteiger partial charge in [-0.25, -0.2) is 0 Å². The lowest BCUT2D eigenvalue weighted by Gasteiger charge is -2.42. The Hall–Kier alpha value is -2.21. The fraction of sp³-hybridized carbons (Fsp3) is 0.500. The number of rotatable bonds is 2.